The van der Waals surface area contributed by atoms with E-state index in [4.69, 9.17) is 16.7 Å². The fraction of sp³-hybridized carbons (Fsp3) is 0.185. The Morgan fingerprint density at radius 2 is 1.89 bits per heavy atom. The minimum absolute atomic E-state index is 0.0351. The number of hydrogen-bond donors (Lipinski definition) is 1. The van der Waals surface area contributed by atoms with Gasteiger partial charge in [0.2, 0.25) is 5.91 Å². The first kappa shape index (κ1) is 24.2. The van der Waals surface area contributed by atoms with Crippen LogP contribution in [0.1, 0.15) is 35.6 Å². The number of carbonyl (C=O) groups excluding carboxylic acids is 2. The largest absolute Gasteiger partial charge is 0.326 e. The van der Waals surface area contributed by atoms with Crippen LogP contribution in [0.2, 0.25) is 5.02 Å². The number of hydrogen-bond acceptors (Lipinski definition) is 5. The molecule has 0 saturated heterocycles. The van der Waals surface area contributed by atoms with Crippen molar-refractivity contribution in [3.05, 3.63) is 100 Å². The Balaban J connectivity index is 1.35. The van der Waals surface area contributed by atoms with Crippen LogP contribution < -0.4 is 5.32 Å². The van der Waals surface area contributed by atoms with Crippen LogP contribution in [0.15, 0.2) is 82.9 Å². The van der Waals surface area contributed by atoms with Crippen molar-refractivity contribution in [1.82, 2.24) is 5.01 Å². The summed E-state index contributed by atoms with van der Waals surface area (Å²) in [6.07, 6.45) is 0.537. The van der Waals surface area contributed by atoms with Gasteiger partial charge in [-0.15, -0.1) is 0 Å². The average Bonchev–Trinajstić information content (AvgIpc) is 3.44. The van der Waals surface area contributed by atoms with Gasteiger partial charge in [-0.25, -0.2) is 9.40 Å². The van der Waals surface area contributed by atoms with E-state index in [0.717, 1.165) is 22.4 Å². The third kappa shape index (κ3) is 5.34. The zero-order valence-electron chi connectivity index (χ0n) is 19.3. The fourth-order valence-corrected chi connectivity index (χ4v) is 5.35. The van der Waals surface area contributed by atoms with Crippen LogP contribution in [0, 0.1) is 12.7 Å². The highest BCUT2D eigenvalue weighted by Gasteiger charge is 2.39. The number of nitrogens with one attached hydrogen (secondary N) is 1. The monoisotopic (exact) mass is 520 g/mol. The molecule has 1 N–H and O–H groups in total. The first-order chi connectivity index (χ1) is 17.4. The maximum absolute atomic E-state index is 13.6. The summed E-state index contributed by atoms with van der Waals surface area (Å²) < 4.78 is 13.6. The van der Waals surface area contributed by atoms with Gasteiger partial charge < -0.3 is 5.32 Å². The number of amides is 2. The molecule has 0 aliphatic carbocycles. The fourth-order valence-electron chi connectivity index (χ4n) is 4.10. The molecule has 182 valence electrons. The normalized spacial score (nSPS) is 19.3. The molecule has 9 heteroatoms. The molecule has 2 amide bonds. The highest BCUT2D eigenvalue weighted by Crippen LogP contribution is 2.38. The molecule has 0 bridgehead atoms. The number of halogens is 2. The van der Waals surface area contributed by atoms with Crippen molar-refractivity contribution < 1.29 is 14.0 Å². The number of carbonyl (C=O) groups is 2. The molecule has 3 aromatic rings. The molecule has 0 aromatic heterocycles. The SMILES string of the molecule is Cc1ccc(C2=NN(C3=NC(=O)C(CC(=O)Nc4cccc(Cl)c4)S3)C(c3ccc(F)cc3)C2)cc1. The number of anilines is 1. The number of nitrogens with zero attached hydrogens (tertiary/aromatic N) is 3. The van der Waals surface area contributed by atoms with Crippen LogP contribution in [-0.4, -0.2) is 33.0 Å². The minimum Gasteiger partial charge on any atom is -0.326 e. The van der Waals surface area contributed by atoms with E-state index in [2.05, 4.69) is 10.3 Å². The molecule has 0 radical (unpaired) electrons. The van der Waals surface area contributed by atoms with Crippen molar-refractivity contribution in [3.8, 4) is 0 Å². The summed E-state index contributed by atoms with van der Waals surface area (Å²) >= 11 is 7.20. The quantitative estimate of drug-likeness (QED) is 0.450. The number of thioether (sulfide) groups is 1. The van der Waals surface area contributed by atoms with Crippen molar-refractivity contribution >= 4 is 51.7 Å². The van der Waals surface area contributed by atoms with Crippen molar-refractivity contribution in [2.75, 3.05) is 5.32 Å². The second-order valence-electron chi connectivity index (χ2n) is 8.63. The summed E-state index contributed by atoms with van der Waals surface area (Å²) in [5.74, 6) is -1.01. The molecule has 3 aromatic carbocycles. The minimum atomic E-state index is -0.660. The number of aryl methyl sites for hydroxylation is 1. The Kier molecular flexibility index (Phi) is 6.89. The second-order valence-corrected chi connectivity index (χ2v) is 10.2. The van der Waals surface area contributed by atoms with Crippen LogP contribution in [0.5, 0.6) is 0 Å². The molecule has 0 spiro atoms. The van der Waals surface area contributed by atoms with E-state index in [0.29, 0.717) is 22.3 Å². The summed E-state index contributed by atoms with van der Waals surface area (Å²) in [7, 11) is 0. The molecule has 2 unspecified atom stereocenters. The van der Waals surface area contributed by atoms with E-state index in [9.17, 15) is 14.0 Å². The van der Waals surface area contributed by atoms with E-state index in [1.165, 1.54) is 23.9 Å². The van der Waals surface area contributed by atoms with Gasteiger partial charge in [-0.1, -0.05) is 71.4 Å². The van der Waals surface area contributed by atoms with Crippen LogP contribution in [0.25, 0.3) is 0 Å². The highest BCUT2D eigenvalue weighted by atomic mass is 35.5. The van der Waals surface area contributed by atoms with Gasteiger partial charge in [-0.3, -0.25) is 9.59 Å². The van der Waals surface area contributed by atoms with E-state index >= 15 is 0 Å². The molecule has 0 saturated carbocycles. The topological polar surface area (TPSA) is 74.1 Å². The molecular weight excluding hydrogens is 499 g/mol. The summed E-state index contributed by atoms with van der Waals surface area (Å²) in [6.45, 7) is 2.02. The number of rotatable bonds is 5. The van der Waals surface area contributed by atoms with Gasteiger partial charge in [-0.05, 0) is 48.4 Å². The van der Waals surface area contributed by atoms with Gasteiger partial charge >= 0.3 is 0 Å². The summed E-state index contributed by atoms with van der Waals surface area (Å²) in [6, 6.07) is 20.9. The number of amidine groups is 1. The number of benzene rings is 3. The maximum atomic E-state index is 13.6. The van der Waals surface area contributed by atoms with Crippen molar-refractivity contribution in [1.29, 1.82) is 0 Å². The first-order valence-electron chi connectivity index (χ1n) is 11.4. The maximum Gasteiger partial charge on any atom is 0.262 e. The molecule has 5 rings (SSSR count). The highest BCUT2D eigenvalue weighted by molar-refractivity contribution is 8.15. The smallest absolute Gasteiger partial charge is 0.262 e. The second kappa shape index (κ2) is 10.2. The van der Waals surface area contributed by atoms with Gasteiger partial charge in [0.25, 0.3) is 5.91 Å². The molecule has 2 aliphatic rings. The zero-order valence-corrected chi connectivity index (χ0v) is 20.9. The van der Waals surface area contributed by atoms with Gasteiger partial charge in [0.05, 0.1) is 11.8 Å². The Bertz CT molecular complexity index is 1380. The van der Waals surface area contributed by atoms with Gasteiger partial charge in [0.1, 0.15) is 11.1 Å². The third-order valence-corrected chi connectivity index (χ3v) is 7.33. The van der Waals surface area contributed by atoms with Crippen LogP contribution >= 0.6 is 23.4 Å². The van der Waals surface area contributed by atoms with E-state index in [1.54, 1.807) is 41.4 Å². The lowest BCUT2D eigenvalue weighted by Gasteiger charge is -2.23. The van der Waals surface area contributed by atoms with Crippen LogP contribution in [0.4, 0.5) is 10.1 Å². The van der Waals surface area contributed by atoms with Crippen LogP contribution in [-0.2, 0) is 9.59 Å². The van der Waals surface area contributed by atoms with E-state index < -0.39 is 5.25 Å². The number of aliphatic imine (C=N–C) groups is 1. The molecule has 2 aliphatic heterocycles. The summed E-state index contributed by atoms with van der Waals surface area (Å²) in [5.41, 5.74) is 4.39. The Hall–Kier alpha value is -3.49. The molecule has 2 atom stereocenters. The molecular formula is C27H22ClFN4O2S. The van der Waals surface area contributed by atoms with Gasteiger partial charge in [-0.2, -0.15) is 10.1 Å². The molecule has 2 heterocycles. The van der Waals surface area contributed by atoms with Gasteiger partial charge in [0, 0.05) is 23.6 Å². The molecule has 36 heavy (non-hydrogen) atoms. The number of hydrazone groups is 1. The Labute approximate surface area is 217 Å². The molecule has 0 fully saturated rings. The van der Waals surface area contributed by atoms with Crippen molar-refractivity contribution in [2.45, 2.75) is 31.1 Å². The Morgan fingerprint density at radius 1 is 1.14 bits per heavy atom. The summed E-state index contributed by atoms with van der Waals surface area (Å²) in [4.78, 5) is 29.6. The van der Waals surface area contributed by atoms with E-state index in [1.807, 2.05) is 31.2 Å². The zero-order chi connectivity index (χ0) is 25.2. The standard InChI is InChI=1S/C27H22ClFN4O2S/c1-16-5-7-17(8-6-16)22-14-23(18-9-11-20(29)12-10-18)33(32-22)27-31-26(35)24(36-27)15-25(34)30-21-4-2-3-19(28)13-21/h2-13,23-24H,14-15H2,1H3,(H,30,34). The van der Waals surface area contributed by atoms with Crippen LogP contribution in [0.3, 0.4) is 0 Å². The Morgan fingerprint density at radius 3 is 2.61 bits per heavy atom. The predicted octanol–water partition coefficient (Wildman–Crippen LogP) is 5.97. The third-order valence-electron chi connectivity index (χ3n) is 5.95. The van der Waals surface area contributed by atoms with Crippen molar-refractivity contribution in [3.63, 3.8) is 0 Å². The average molecular weight is 521 g/mol. The lowest BCUT2D eigenvalue weighted by atomic mass is 9.98. The first-order valence-corrected chi connectivity index (χ1v) is 12.7. The van der Waals surface area contributed by atoms with Crippen molar-refractivity contribution in [2.24, 2.45) is 10.1 Å². The molecule has 6 nitrogen and oxygen atoms in total. The lowest BCUT2D eigenvalue weighted by Crippen LogP contribution is -2.25. The predicted molar refractivity (Wildman–Crippen MR) is 142 cm³/mol. The van der Waals surface area contributed by atoms with Gasteiger partial charge in [0.15, 0.2) is 5.17 Å². The lowest BCUT2D eigenvalue weighted by molar-refractivity contribution is -0.121. The van der Waals surface area contributed by atoms with E-state index in [-0.39, 0.29) is 30.1 Å². The summed E-state index contributed by atoms with van der Waals surface area (Å²) in [5, 5.41) is 9.58.